The lowest BCUT2D eigenvalue weighted by atomic mass is 10.2. The van der Waals surface area contributed by atoms with Crippen molar-refractivity contribution in [2.75, 3.05) is 13.1 Å². The highest BCUT2D eigenvalue weighted by molar-refractivity contribution is 5.82. The van der Waals surface area contributed by atoms with E-state index in [1.54, 1.807) is 11.0 Å². The standard InChI is InChI=1S/C14H16FN3O2/c15-11-6-9-5-10(17-12(9)7-13(11)19)8-16-14(20)18-3-1-2-4-18/h5-7,17,19H,1-4,8H2,(H,16,20). The number of hydrogen-bond acceptors (Lipinski definition) is 2. The minimum atomic E-state index is -0.649. The van der Waals surface area contributed by atoms with E-state index in [1.807, 2.05) is 0 Å². The number of nitrogens with one attached hydrogen (secondary N) is 2. The second kappa shape index (κ2) is 5.03. The summed E-state index contributed by atoms with van der Waals surface area (Å²) in [5, 5.41) is 12.8. The van der Waals surface area contributed by atoms with E-state index in [0.29, 0.717) is 17.4 Å². The third-order valence-corrected chi connectivity index (χ3v) is 3.57. The Morgan fingerprint density at radius 3 is 2.85 bits per heavy atom. The van der Waals surface area contributed by atoms with E-state index in [2.05, 4.69) is 10.3 Å². The van der Waals surface area contributed by atoms with Gasteiger partial charge in [-0.25, -0.2) is 9.18 Å². The van der Waals surface area contributed by atoms with Crippen LogP contribution in [-0.4, -0.2) is 34.1 Å². The molecule has 2 aromatic rings. The molecule has 20 heavy (non-hydrogen) atoms. The summed E-state index contributed by atoms with van der Waals surface area (Å²) in [5.41, 5.74) is 1.42. The van der Waals surface area contributed by atoms with Crippen molar-refractivity contribution in [2.45, 2.75) is 19.4 Å². The van der Waals surface area contributed by atoms with E-state index in [9.17, 15) is 14.3 Å². The monoisotopic (exact) mass is 277 g/mol. The molecule has 0 bridgehead atoms. The molecular formula is C14H16FN3O2. The lowest BCUT2D eigenvalue weighted by Crippen LogP contribution is -2.37. The lowest BCUT2D eigenvalue weighted by Gasteiger charge is -2.15. The molecule has 3 rings (SSSR count). The third kappa shape index (κ3) is 2.41. The van der Waals surface area contributed by atoms with Crippen molar-refractivity contribution < 1.29 is 14.3 Å². The number of rotatable bonds is 2. The molecule has 1 aliphatic rings. The maximum atomic E-state index is 13.2. The number of fused-ring (bicyclic) bond motifs is 1. The van der Waals surface area contributed by atoms with Crippen LogP contribution >= 0.6 is 0 Å². The summed E-state index contributed by atoms with van der Waals surface area (Å²) in [6, 6.07) is 4.31. The molecule has 0 unspecified atom stereocenters. The number of aromatic nitrogens is 1. The fourth-order valence-electron chi connectivity index (χ4n) is 2.50. The number of nitrogens with zero attached hydrogens (tertiary/aromatic N) is 1. The fourth-order valence-corrected chi connectivity index (χ4v) is 2.50. The first-order valence-electron chi connectivity index (χ1n) is 6.66. The molecule has 1 saturated heterocycles. The number of benzene rings is 1. The number of aromatic amines is 1. The van der Waals surface area contributed by atoms with E-state index in [-0.39, 0.29) is 11.8 Å². The first kappa shape index (κ1) is 12.8. The Morgan fingerprint density at radius 2 is 2.10 bits per heavy atom. The topological polar surface area (TPSA) is 68.4 Å². The quantitative estimate of drug-likeness (QED) is 0.788. The van der Waals surface area contributed by atoms with Crippen LogP contribution in [0.25, 0.3) is 10.9 Å². The Morgan fingerprint density at radius 1 is 1.35 bits per heavy atom. The normalized spacial score (nSPS) is 14.9. The van der Waals surface area contributed by atoms with Gasteiger partial charge >= 0.3 is 6.03 Å². The Balaban J connectivity index is 1.69. The van der Waals surface area contributed by atoms with Gasteiger partial charge in [0, 0.05) is 35.8 Å². The molecule has 106 valence electrons. The van der Waals surface area contributed by atoms with Crippen LogP contribution in [0.3, 0.4) is 0 Å². The minimum Gasteiger partial charge on any atom is -0.505 e. The number of hydrogen-bond donors (Lipinski definition) is 3. The zero-order valence-electron chi connectivity index (χ0n) is 10.9. The number of halogens is 1. The van der Waals surface area contributed by atoms with Crippen LogP contribution in [0, 0.1) is 5.82 Å². The van der Waals surface area contributed by atoms with E-state index in [4.69, 9.17) is 0 Å². The van der Waals surface area contributed by atoms with Crippen molar-refractivity contribution in [1.29, 1.82) is 0 Å². The molecule has 1 aliphatic heterocycles. The van der Waals surface area contributed by atoms with Gasteiger partial charge in [-0.1, -0.05) is 0 Å². The molecule has 0 saturated carbocycles. The number of urea groups is 1. The number of likely N-dealkylation sites (tertiary alicyclic amines) is 1. The van der Waals surface area contributed by atoms with Crippen LogP contribution < -0.4 is 5.32 Å². The highest BCUT2D eigenvalue weighted by atomic mass is 19.1. The van der Waals surface area contributed by atoms with Gasteiger partial charge in [-0.2, -0.15) is 0 Å². The van der Waals surface area contributed by atoms with E-state index >= 15 is 0 Å². The predicted molar refractivity (Wildman–Crippen MR) is 73.0 cm³/mol. The first-order chi connectivity index (χ1) is 9.63. The number of H-pyrrole nitrogens is 1. The molecule has 0 aliphatic carbocycles. The minimum absolute atomic E-state index is 0.0739. The maximum Gasteiger partial charge on any atom is 0.317 e. The Bertz CT molecular complexity index is 608. The molecule has 0 radical (unpaired) electrons. The summed E-state index contributed by atoms with van der Waals surface area (Å²) in [5.74, 6) is -1.03. The van der Waals surface area contributed by atoms with Crippen LogP contribution in [-0.2, 0) is 6.54 Å². The summed E-state index contributed by atoms with van der Waals surface area (Å²) in [6.45, 7) is 1.96. The van der Waals surface area contributed by atoms with Crippen molar-refractivity contribution in [2.24, 2.45) is 0 Å². The second-order valence-corrected chi connectivity index (χ2v) is 5.04. The average molecular weight is 277 g/mol. The van der Waals surface area contributed by atoms with Gasteiger partial charge in [-0.3, -0.25) is 0 Å². The molecule has 1 aromatic heterocycles. The number of phenols is 1. The average Bonchev–Trinajstić information content (AvgIpc) is 3.05. The smallest absolute Gasteiger partial charge is 0.317 e. The Kier molecular flexibility index (Phi) is 3.22. The molecule has 1 fully saturated rings. The summed E-state index contributed by atoms with van der Waals surface area (Å²) >= 11 is 0. The molecule has 2 heterocycles. The molecule has 1 aromatic carbocycles. The molecule has 5 nitrogen and oxygen atoms in total. The summed E-state index contributed by atoms with van der Waals surface area (Å²) in [4.78, 5) is 16.7. The summed E-state index contributed by atoms with van der Waals surface area (Å²) in [6.07, 6.45) is 2.11. The van der Waals surface area contributed by atoms with Crippen molar-refractivity contribution in [3.63, 3.8) is 0 Å². The highest BCUT2D eigenvalue weighted by Gasteiger charge is 2.17. The molecular weight excluding hydrogens is 261 g/mol. The van der Waals surface area contributed by atoms with E-state index in [1.165, 1.54) is 12.1 Å². The Hall–Kier alpha value is -2.24. The number of carbonyl (C=O) groups is 1. The predicted octanol–water partition coefficient (Wildman–Crippen LogP) is 2.32. The van der Waals surface area contributed by atoms with Crippen molar-refractivity contribution >= 4 is 16.9 Å². The molecule has 0 atom stereocenters. The zero-order valence-corrected chi connectivity index (χ0v) is 10.9. The van der Waals surface area contributed by atoms with Crippen LogP contribution in [0.2, 0.25) is 0 Å². The molecule has 6 heteroatoms. The molecule has 3 N–H and O–H groups in total. The van der Waals surface area contributed by atoms with Gasteiger partial charge in [0.1, 0.15) is 0 Å². The second-order valence-electron chi connectivity index (χ2n) is 5.04. The van der Waals surface area contributed by atoms with Crippen molar-refractivity contribution in [3.8, 4) is 5.75 Å². The van der Waals surface area contributed by atoms with Crippen LogP contribution in [0.4, 0.5) is 9.18 Å². The first-order valence-corrected chi connectivity index (χ1v) is 6.66. The summed E-state index contributed by atoms with van der Waals surface area (Å²) in [7, 11) is 0. The van der Waals surface area contributed by atoms with Gasteiger partial charge in [0.15, 0.2) is 11.6 Å². The van der Waals surface area contributed by atoms with Gasteiger partial charge < -0.3 is 20.3 Å². The SMILES string of the molecule is O=C(NCc1cc2cc(F)c(O)cc2[nH]1)N1CCCC1. The van der Waals surface area contributed by atoms with E-state index < -0.39 is 5.82 Å². The van der Waals surface area contributed by atoms with Gasteiger partial charge in [-0.15, -0.1) is 0 Å². The Labute approximate surface area is 115 Å². The molecule has 2 amide bonds. The number of carbonyl (C=O) groups excluding carboxylic acids is 1. The lowest BCUT2D eigenvalue weighted by molar-refractivity contribution is 0.208. The van der Waals surface area contributed by atoms with Gasteiger partial charge in [0.2, 0.25) is 0 Å². The maximum absolute atomic E-state index is 13.2. The largest absolute Gasteiger partial charge is 0.505 e. The number of aromatic hydroxyl groups is 1. The van der Waals surface area contributed by atoms with Crippen molar-refractivity contribution in [3.05, 3.63) is 29.7 Å². The molecule has 0 spiro atoms. The van der Waals surface area contributed by atoms with Gasteiger partial charge in [0.25, 0.3) is 0 Å². The number of amides is 2. The number of phenolic OH excluding ortho intramolecular Hbond substituents is 1. The van der Waals surface area contributed by atoms with Crippen LogP contribution in [0.5, 0.6) is 5.75 Å². The summed E-state index contributed by atoms with van der Waals surface area (Å²) < 4.78 is 13.2. The highest BCUT2D eigenvalue weighted by Crippen LogP contribution is 2.24. The van der Waals surface area contributed by atoms with E-state index in [0.717, 1.165) is 31.6 Å². The fraction of sp³-hybridized carbons (Fsp3) is 0.357. The zero-order chi connectivity index (χ0) is 14.1. The third-order valence-electron chi connectivity index (χ3n) is 3.57. The van der Waals surface area contributed by atoms with Gasteiger partial charge in [-0.05, 0) is 25.0 Å². The van der Waals surface area contributed by atoms with Crippen LogP contribution in [0.1, 0.15) is 18.5 Å². The van der Waals surface area contributed by atoms with Gasteiger partial charge in [0.05, 0.1) is 6.54 Å². The van der Waals surface area contributed by atoms with Crippen molar-refractivity contribution in [1.82, 2.24) is 15.2 Å². The van der Waals surface area contributed by atoms with Crippen LogP contribution in [0.15, 0.2) is 18.2 Å².